The minimum absolute atomic E-state index is 0.0790. The lowest BCUT2D eigenvalue weighted by Crippen LogP contribution is -2.51. The number of aromatic amines is 2. The van der Waals surface area contributed by atoms with Crippen LogP contribution in [0.25, 0.3) is 0 Å². The van der Waals surface area contributed by atoms with Crippen molar-refractivity contribution in [2.75, 3.05) is 24.5 Å². The summed E-state index contributed by atoms with van der Waals surface area (Å²) < 4.78 is 0. The van der Waals surface area contributed by atoms with Gasteiger partial charge < -0.3 is 15.3 Å². The summed E-state index contributed by atoms with van der Waals surface area (Å²) in [6.07, 6.45) is 0.0884. The van der Waals surface area contributed by atoms with Crippen LogP contribution in [0.1, 0.15) is 6.42 Å². The molecule has 1 aromatic rings. The summed E-state index contributed by atoms with van der Waals surface area (Å²) in [5.74, 6) is -0.108. The number of anilines is 1. The van der Waals surface area contributed by atoms with Crippen molar-refractivity contribution in [3.8, 4) is 0 Å². The largest absolute Gasteiger partial charge is 0.481 e. The normalized spacial score (nSPS) is 21.0. The van der Waals surface area contributed by atoms with Gasteiger partial charge in [0, 0.05) is 31.7 Å². The Balaban J connectivity index is 2.01. The van der Waals surface area contributed by atoms with Gasteiger partial charge in [0.1, 0.15) is 5.82 Å². The Morgan fingerprint density at radius 3 is 3.00 bits per heavy atom. The summed E-state index contributed by atoms with van der Waals surface area (Å²) in [4.78, 5) is 23.5. The number of H-pyrrole nitrogens is 2. The number of aliphatic carboxylic acids is 1. The van der Waals surface area contributed by atoms with Crippen LogP contribution in [-0.2, 0) is 4.79 Å². The number of nitrogens with zero attached hydrogens (tertiary/aromatic N) is 1. The molecule has 1 aromatic heterocycles. The zero-order valence-electron chi connectivity index (χ0n) is 8.69. The van der Waals surface area contributed by atoms with Crippen molar-refractivity contribution in [2.24, 2.45) is 0 Å². The Morgan fingerprint density at radius 1 is 1.56 bits per heavy atom. The molecule has 2 heterocycles. The number of carboxylic acid groups (broad SMARTS) is 1. The maximum atomic E-state index is 11.0. The lowest BCUT2D eigenvalue weighted by atomic mass is 10.1. The van der Waals surface area contributed by atoms with Crippen LogP contribution in [0.15, 0.2) is 10.9 Å². The first-order valence-corrected chi connectivity index (χ1v) is 5.13. The molecule has 0 aliphatic carbocycles. The lowest BCUT2D eigenvalue weighted by molar-refractivity contribution is -0.137. The average molecular weight is 226 g/mol. The fourth-order valence-corrected chi connectivity index (χ4v) is 1.88. The van der Waals surface area contributed by atoms with Crippen molar-refractivity contribution < 1.29 is 9.90 Å². The Morgan fingerprint density at radius 2 is 2.38 bits per heavy atom. The molecule has 4 N–H and O–H groups in total. The standard InChI is InChI=1S/C9H14N4O3/c14-8-4-7(11-12-8)13-2-1-10-6(5-13)3-9(15)16/h4,6,10H,1-3,5H2,(H,15,16)(H2,11,12,14). The average Bonchev–Trinajstić information content (AvgIpc) is 2.64. The topological polar surface area (TPSA) is 101 Å². The van der Waals surface area contributed by atoms with Gasteiger partial charge in [0.05, 0.1) is 6.42 Å². The quantitative estimate of drug-likeness (QED) is 0.527. The van der Waals surface area contributed by atoms with E-state index in [9.17, 15) is 9.59 Å². The molecule has 1 aliphatic heterocycles. The summed E-state index contributed by atoms with van der Waals surface area (Å²) >= 11 is 0. The van der Waals surface area contributed by atoms with E-state index < -0.39 is 5.97 Å². The predicted molar refractivity (Wildman–Crippen MR) is 57.7 cm³/mol. The maximum Gasteiger partial charge on any atom is 0.304 e. The van der Waals surface area contributed by atoms with Crippen molar-refractivity contribution in [3.05, 3.63) is 16.4 Å². The highest BCUT2D eigenvalue weighted by atomic mass is 16.4. The zero-order valence-corrected chi connectivity index (χ0v) is 8.69. The molecule has 0 aromatic carbocycles. The van der Waals surface area contributed by atoms with Gasteiger partial charge in [-0.3, -0.25) is 19.8 Å². The molecular formula is C9H14N4O3. The van der Waals surface area contributed by atoms with Gasteiger partial charge in [-0.1, -0.05) is 0 Å². The molecule has 1 atom stereocenters. The van der Waals surface area contributed by atoms with E-state index in [-0.39, 0.29) is 18.0 Å². The van der Waals surface area contributed by atoms with Gasteiger partial charge in [-0.05, 0) is 0 Å². The van der Waals surface area contributed by atoms with Gasteiger partial charge in [0.15, 0.2) is 0 Å². The van der Waals surface area contributed by atoms with Crippen LogP contribution in [-0.4, -0.2) is 46.9 Å². The van der Waals surface area contributed by atoms with Crippen LogP contribution >= 0.6 is 0 Å². The second kappa shape index (κ2) is 4.40. The number of aromatic nitrogens is 2. The molecule has 1 unspecified atom stereocenters. The van der Waals surface area contributed by atoms with Crippen LogP contribution in [0.2, 0.25) is 0 Å². The van der Waals surface area contributed by atoms with Gasteiger partial charge in [0.25, 0.3) is 5.56 Å². The molecule has 0 bridgehead atoms. The van der Waals surface area contributed by atoms with Crippen LogP contribution in [0.3, 0.4) is 0 Å². The van der Waals surface area contributed by atoms with Crippen molar-refractivity contribution in [3.63, 3.8) is 0 Å². The van der Waals surface area contributed by atoms with E-state index in [1.807, 2.05) is 4.90 Å². The Kier molecular flexibility index (Phi) is 2.95. The SMILES string of the molecule is O=C(O)CC1CN(c2cc(=O)[nH][nH]2)CCN1. The number of nitrogens with one attached hydrogen (secondary N) is 3. The molecule has 0 saturated carbocycles. The van der Waals surface area contributed by atoms with Crippen LogP contribution in [0.5, 0.6) is 0 Å². The van der Waals surface area contributed by atoms with Crippen molar-refractivity contribution in [1.82, 2.24) is 15.5 Å². The molecule has 2 rings (SSSR count). The molecular weight excluding hydrogens is 212 g/mol. The molecule has 0 amide bonds. The first-order valence-electron chi connectivity index (χ1n) is 5.13. The molecule has 7 nitrogen and oxygen atoms in total. The number of rotatable bonds is 3. The fraction of sp³-hybridized carbons (Fsp3) is 0.556. The number of carbonyl (C=O) groups is 1. The predicted octanol–water partition coefficient (Wildman–Crippen LogP) is -1.04. The van der Waals surface area contributed by atoms with Gasteiger partial charge in [-0.2, -0.15) is 0 Å². The van der Waals surface area contributed by atoms with E-state index in [2.05, 4.69) is 15.5 Å². The third-order valence-corrected chi connectivity index (χ3v) is 2.60. The summed E-state index contributed by atoms with van der Waals surface area (Å²) in [5, 5.41) is 17.1. The summed E-state index contributed by atoms with van der Waals surface area (Å²) in [5.41, 5.74) is -0.177. The minimum Gasteiger partial charge on any atom is -0.481 e. The number of piperazine rings is 1. The second-order valence-electron chi connectivity index (χ2n) is 3.84. The summed E-state index contributed by atoms with van der Waals surface area (Å²) in [6.45, 7) is 2.05. The molecule has 0 spiro atoms. The second-order valence-corrected chi connectivity index (χ2v) is 3.84. The van der Waals surface area contributed by atoms with Crippen molar-refractivity contribution >= 4 is 11.8 Å². The number of carboxylic acids is 1. The molecule has 0 radical (unpaired) electrons. The molecule has 1 aliphatic rings. The van der Waals surface area contributed by atoms with Crippen molar-refractivity contribution in [2.45, 2.75) is 12.5 Å². The highest BCUT2D eigenvalue weighted by Gasteiger charge is 2.22. The number of hydrogen-bond acceptors (Lipinski definition) is 4. The van der Waals surface area contributed by atoms with E-state index in [4.69, 9.17) is 5.11 Å². The lowest BCUT2D eigenvalue weighted by Gasteiger charge is -2.33. The first-order chi connectivity index (χ1) is 7.65. The van der Waals surface area contributed by atoms with Crippen LogP contribution in [0, 0.1) is 0 Å². The molecule has 1 fully saturated rings. The molecule has 88 valence electrons. The summed E-state index contributed by atoms with van der Waals surface area (Å²) in [6, 6.07) is 1.40. The van der Waals surface area contributed by atoms with E-state index in [0.717, 1.165) is 6.54 Å². The third-order valence-electron chi connectivity index (χ3n) is 2.60. The molecule has 16 heavy (non-hydrogen) atoms. The van der Waals surface area contributed by atoms with E-state index >= 15 is 0 Å². The van der Waals surface area contributed by atoms with Gasteiger partial charge in [-0.25, -0.2) is 0 Å². The van der Waals surface area contributed by atoms with Gasteiger partial charge in [-0.15, -0.1) is 0 Å². The zero-order chi connectivity index (χ0) is 11.5. The van der Waals surface area contributed by atoms with E-state index in [1.165, 1.54) is 6.07 Å². The highest BCUT2D eigenvalue weighted by Crippen LogP contribution is 2.11. The van der Waals surface area contributed by atoms with Crippen molar-refractivity contribution in [1.29, 1.82) is 0 Å². The molecule has 7 heteroatoms. The first kappa shape index (κ1) is 10.7. The smallest absolute Gasteiger partial charge is 0.304 e. The monoisotopic (exact) mass is 226 g/mol. The Hall–Kier alpha value is -1.76. The Bertz CT molecular complexity index is 424. The third kappa shape index (κ3) is 2.43. The minimum atomic E-state index is -0.818. The fourth-order valence-electron chi connectivity index (χ4n) is 1.88. The maximum absolute atomic E-state index is 11.0. The van der Waals surface area contributed by atoms with Crippen LogP contribution < -0.4 is 15.8 Å². The summed E-state index contributed by atoms with van der Waals surface area (Å²) in [7, 11) is 0. The number of hydrogen-bond donors (Lipinski definition) is 4. The van der Waals surface area contributed by atoms with E-state index in [1.54, 1.807) is 0 Å². The molecule has 1 saturated heterocycles. The van der Waals surface area contributed by atoms with E-state index in [0.29, 0.717) is 18.9 Å². The highest BCUT2D eigenvalue weighted by molar-refractivity contribution is 5.67. The Labute approximate surface area is 91.4 Å². The van der Waals surface area contributed by atoms with Gasteiger partial charge in [0.2, 0.25) is 0 Å². The van der Waals surface area contributed by atoms with Crippen LogP contribution in [0.4, 0.5) is 5.82 Å². The van der Waals surface area contributed by atoms with Gasteiger partial charge >= 0.3 is 5.97 Å².